The van der Waals surface area contributed by atoms with Crippen molar-refractivity contribution < 1.29 is 19.1 Å². The van der Waals surface area contributed by atoms with Crippen molar-refractivity contribution in [1.29, 1.82) is 0 Å². The first kappa shape index (κ1) is 19.2. The number of nitrogens with zero attached hydrogens (tertiary/aromatic N) is 2. The quantitative estimate of drug-likeness (QED) is 0.855. The van der Waals surface area contributed by atoms with Gasteiger partial charge in [-0.2, -0.15) is 0 Å². The average molecular weight is 373 g/mol. The highest BCUT2D eigenvalue weighted by Gasteiger charge is 2.39. The van der Waals surface area contributed by atoms with Crippen LogP contribution in [0.2, 0.25) is 0 Å². The number of likely N-dealkylation sites (tertiary alicyclic amines) is 2. The van der Waals surface area contributed by atoms with E-state index >= 15 is 0 Å². The molecule has 0 unspecified atom stereocenters. The zero-order valence-electron chi connectivity index (χ0n) is 15.7. The van der Waals surface area contributed by atoms with E-state index < -0.39 is 18.2 Å². The van der Waals surface area contributed by atoms with Gasteiger partial charge in [0.2, 0.25) is 11.8 Å². The fourth-order valence-electron chi connectivity index (χ4n) is 3.64. The van der Waals surface area contributed by atoms with Gasteiger partial charge in [-0.1, -0.05) is 30.3 Å². The Hall–Kier alpha value is -2.57. The molecule has 3 rings (SSSR count). The van der Waals surface area contributed by atoms with E-state index in [1.165, 1.54) is 0 Å². The van der Waals surface area contributed by atoms with Gasteiger partial charge in [0.05, 0.1) is 0 Å². The normalized spacial score (nSPS) is 21.1. The summed E-state index contributed by atoms with van der Waals surface area (Å²) in [5.41, 5.74) is 0.882. The highest BCUT2D eigenvalue weighted by Crippen LogP contribution is 2.18. The summed E-state index contributed by atoms with van der Waals surface area (Å²) in [5, 5.41) is 2.62. The molecule has 2 aliphatic heterocycles. The van der Waals surface area contributed by atoms with Crippen molar-refractivity contribution in [2.24, 2.45) is 0 Å². The Morgan fingerprint density at radius 3 is 2.56 bits per heavy atom. The number of piperidine rings is 1. The van der Waals surface area contributed by atoms with Gasteiger partial charge < -0.3 is 19.9 Å². The van der Waals surface area contributed by atoms with Crippen LogP contribution in [-0.2, 0) is 20.9 Å². The van der Waals surface area contributed by atoms with Crippen molar-refractivity contribution in [3.8, 4) is 0 Å². The van der Waals surface area contributed by atoms with Gasteiger partial charge in [-0.05, 0) is 38.2 Å². The lowest BCUT2D eigenvalue weighted by molar-refractivity contribution is -0.144. The maximum absolute atomic E-state index is 12.6. The first-order valence-electron chi connectivity index (χ1n) is 9.63. The van der Waals surface area contributed by atoms with Crippen molar-refractivity contribution in [3.63, 3.8) is 0 Å². The molecule has 7 nitrogen and oxygen atoms in total. The lowest BCUT2D eigenvalue weighted by atomic mass is 10.1. The molecule has 0 spiro atoms. The van der Waals surface area contributed by atoms with Crippen molar-refractivity contribution in [1.82, 2.24) is 15.1 Å². The molecular formula is C20H27N3O4. The lowest BCUT2D eigenvalue weighted by Gasteiger charge is -2.32. The number of amides is 3. The van der Waals surface area contributed by atoms with Gasteiger partial charge >= 0.3 is 6.09 Å². The number of benzene rings is 1. The molecule has 1 aromatic carbocycles. The van der Waals surface area contributed by atoms with E-state index in [0.29, 0.717) is 13.0 Å². The summed E-state index contributed by atoms with van der Waals surface area (Å²) in [4.78, 5) is 40.7. The van der Waals surface area contributed by atoms with E-state index in [-0.39, 0.29) is 18.4 Å². The summed E-state index contributed by atoms with van der Waals surface area (Å²) in [7, 11) is 0. The maximum atomic E-state index is 12.6. The number of carbonyl (C=O) groups excluding carboxylic acids is 3. The molecule has 0 aliphatic carbocycles. The molecule has 0 aromatic heterocycles. The number of ether oxygens (including phenoxy) is 1. The Balaban J connectivity index is 1.48. The second-order valence-electron chi connectivity index (χ2n) is 7.14. The van der Waals surface area contributed by atoms with Crippen LogP contribution in [0.5, 0.6) is 0 Å². The largest absolute Gasteiger partial charge is 0.445 e. The smallest absolute Gasteiger partial charge is 0.408 e. The van der Waals surface area contributed by atoms with E-state index in [0.717, 1.165) is 37.9 Å². The predicted molar refractivity (Wildman–Crippen MR) is 99.8 cm³/mol. The topological polar surface area (TPSA) is 79.0 Å². The third kappa shape index (κ3) is 4.78. The van der Waals surface area contributed by atoms with Crippen LogP contribution >= 0.6 is 0 Å². The Morgan fingerprint density at radius 1 is 1.15 bits per heavy atom. The number of rotatable bonds is 5. The number of hydrogen-bond donors (Lipinski definition) is 1. The number of nitrogens with one attached hydrogen (secondary N) is 1. The molecule has 2 aliphatic rings. The molecule has 27 heavy (non-hydrogen) atoms. The van der Waals surface area contributed by atoms with Crippen LogP contribution in [-0.4, -0.2) is 59.4 Å². The second kappa shape index (κ2) is 8.88. The standard InChI is InChI=1S/C20H27N3O4/c1-15(18(24)22-11-6-3-7-12-22)23-13-10-17(19(23)25)21-20(26)27-14-16-8-4-2-5-9-16/h2,4-5,8-9,15,17H,3,6-7,10-14H2,1H3,(H,21,26)/t15-,17+/m1/s1. The highest BCUT2D eigenvalue weighted by molar-refractivity contribution is 5.92. The van der Waals surface area contributed by atoms with Gasteiger partial charge in [-0.15, -0.1) is 0 Å². The Kier molecular flexibility index (Phi) is 6.32. The summed E-state index contributed by atoms with van der Waals surface area (Å²) >= 11 is 0. The minimum Gasteiger partial charge on any atom is -0.445 e. The van der Waals surface area contributed by atoms with E-state index in [1.807, 2.05) is 35.2 Å². The van der Waals surface area contributed by atoms with Crippen LogP contribution in [0.25, 0.3) is 0 Å². The summed E-state index contributed by atoms with van der Waals surface area (Å²) in [6.45, 7) is 3.91. The van der Waals surface area contributed by atoms with Crippen LogP contribution in [0.15, 0.2) is 30.3 Å². The first-order chi connectivity index (χ1) is 13.1. The minimum absolute atomic E-state index is 0.00430. The molecule has 0 saturated carbocycles. The van der Waals surface area contributed by atoms with Crippen molar-refractivity contribution in [2.45, 2.75) is 51.3 Å². The molecule has 146 valence electrons. The monoisotopic (exact) mass is 373 g/mol. The number of carbonyl (C=O) groups is 3. The number of alkyl carbamates (subject to hydrolysis) is 1. The van der Waals surface area contributed by atoms with Gasteiger partial charge in [0.25, 0.3) is 0 Å². The third-order valence-electron chi connectivity index (χ3n) is 5.24. The Bertz CT molecular complexity index is 673. The Labute approximate surface area is 159 Å². The lowest BCUT2D eigenvalue weighted by Crippen LogP contribution is -2.51. The Morgan fingerprint density at radius 2 is 1.85 bits per heavy atom. The molecule has 1 aromatic rings. The molecule has 2 atom stereocenters. The SMILES string of the molecule is C[C@H](C(=O)N1CCCCC1)N1CC[C@H](NC(=O)OCc2ccccc2)C1=O. The van der Waals surface area contributed by atoms with E-state index in [2.05, 4.69) is 5.32 Å². The minimum atomic E-state index is -0.634. The van der Waals surface area contributed by atoms with Crippen LogP contribution in [0.1, 0.15) is 38.2 Å². The van der Waals surface area contributed by atoms with Gasteiger partial charge in [0.15, 0.2) is 0 Å². The predicted octanol–water partition coefficient (Wildman–Crippen LogP) is 1.91. The van der Waals surface area contributed by atoms with Crippen LogP contribution in [0.3, 0.4) is 0 Å². The van der Waals surface area contributed by atoms with Crippen LogP contribution in [0.4, 0.5) is 4.79 Å². The average Bonchev–Trinajstić information content (AvgIpc) is 3.07. The molecule has 2 fully saturated rings. The summed E-state index contributed by atoms with van der Waals surface area (Å²) in [6.07, 6.45) is 3.05. The highest BCUT2D eigenvalue weighted by atomic mass is 16.5. The van der Waals surface area contributed by atoms with Gasteiger partial charge in [-0.25, -0.2) is 4.79 Å². The molecule has 1 N–H and O–H groups in total. The van der Waals surface area contributed by atoms with Gasteiger partial charge in [0.1, 0.15) is 18.7 Å². The summed E-state index contributed by atoms with van der Waals surface area (Å²) < 4.78 is 5.18. The third-order valence-corrected chi connectivity index (χ3v) is 5.24. The van der Waals surface area contributed by atoms with Gasteiger partial charge in [0, 0.05) is 19.6 Å². The zero-order valence-corrected chi connectivity index (χ0v) is 15.7. The summed E-state index contributed by atoms with van der Waals surface area (Å²) in [6, 6.07) is 8.23. The molecule has 2 saturated heterocycles. The molecule has 0 bridgehead atoms. The molecule has 7 heteroatoms. The molecule has 3 amide bonds. The maximum Gasteiger partial charge on any atom is 0.408 e. The van der Waals surface area contributed by atoms with Crippen LogP contribution in [0, 0.1) is 0 Å². The number of hydrogen-bond acceptors (Lipinski definition) is 4. The van der Waals surface area contributed by atoms with E-state index in [4.69, 9.17) is 4.74 Å². The van der Waals surface area contributed by atoms with Crippen molar-refractivity contribution >= 4 is 17.9 Å². The molecular weight excluding hydrogens is 346 g/mol. The van der Waals surface area contributed by atoms with Gasteiger partial charge in [-0.3, -0.25) is 9.59 Å². The van der Waals surface area contributed by atoms with Crippen molar-refractivity contribution in [3.05, 3.63) is 35.9 Å². The fourth-order valence-corrected chi connectivity index (χ4v) is 3.64. The van der Waals surface area contributed by atoms with E-state index in [9.17, 15) is 14.4 Å². The fraction of sp³-hybridized carbons (Fsp3) is 0.550. The van der Waals surface area contributed by atoms with Crippen LogP contribution < -0.4 is 5.32 Å². The molecule has 2 heterocycles. The molecule has 0 radical (unpaired) electrons. The zero-order chi connectivity index (χ0) is 19.2. The second-order valence-corrected chi connectivity index (χ2v) is 7.14. The van der Waals surface area contributed by atoms with Crippen molar-refractivity contribution in [2.75, 3.05) is 19.6 Å². The first-order valence-corrected chi connectivity index (χ1v) is 9.63. The summed E-state index contributed by atoms with van der Waals surface area (Å²) in [5.74, 6) is -0.222. The van der Waals surface area contributed by atoms with E-state index in [1.54, 1.807) is 11.8 Å².